The number of benzene rings is 4. The predicted octanol–water partition coefficient (Wildman–Crippen LogP) is 7.96. The van der Waals surface area contributed by atoms with Crippen LogP contribution in [0.15, 0.2) is 102 Å². The number of carbonyl (C=O) groups excluding carboxylic acids is 2. The Kier molecular flexibility index (Phi) is 8.70. The van der Waals surface area contributed by atoms with Gasteiger partial charge in [0.25, 0.3) is 0 Å². The molecule has 0 saturated carbocycles. The highest BCUT2D eigenvalue weighted by Crippen LogP contribution is 2.37. The van der Waals surface area contributed by atoms with Crippen molar-refractivity contribution in [2.45, 2.75) is 23.5 Å². The zero-order valence-corrected chi connectivity index (χ0v) is 21.8. The summed E-state index contributed by atoms with van der Waals surface area (Å²) in [7, 11) is 0. The van der Waals surface area contributed by atoms with Crippen LogP contribution in [0, 0.1) is 6.92 Å². The fraction of sp³-hybridized carbons (Fsp3) is 0.103. The molecule has 0 spiro atoms. The van der Waals surface area contributed by atoms with Crippen LogP contribution in [-0.4, -0.2) is 11.8 Å². The van der Waals surface area contributed by atoms with Crippen molar-refractivity contribution in [3.05, 3.63) is 124 Å². The van der Waals surface area contributed by atoms with Gasteiger partial charge in [-0.2, -0.15) is 0 Å². The van der Waals surface area contributed by atoms with Crippen molar-refractivity contribution in [1.29, 1.82) is 0 Å². The van der Waals surface area contributed by atoms with Crippen LogP contribution in [0.2, 0.25) is 10.0 Å². The topological polar surface area (TPSA) is 58.2 Å². The fourth-order valence-corrected chi connectivity index (χ4v) is 4.95. The van der Waals surface area contributed by atoms with Gasteiger partial charge in [0.05, 0.1) is 6.42 Å². The van der Waals surface area contributed by atoms with Crippen molar-refractivity contribution in [2.75, 3.05) is 10.6 Å². The first-order valence-electron chi connectivity index (χ1n) is 11.3. The number of aryl methyl sites for hydroxylation is 1. The highest BCUT2D eigenvalue weighted by molar-refractivity contribution is 8.00. The second-order valence-corrected chi connectivity index (χ2v) is 10.3. The Hall–Kier alpha value is -3.25. The molecule has 0 radical (unpaired) electrons. The minimum absolute atomic E-state index is 0.131. The maximum atomic E-state index is 13.3. The molecule has 1 unspecified atom stereocenters. The fourth-order valence-electron chi connectivity index (χ4n) is 3.56. The first-order valence-corrected chi connectivity index (χ1v) is 12.9. The average Bonchev–Trinajstić information content (AvgIpc) is 2.87. The van der Waals surface area contributed by atoms with Crippen molar-refractivity contribution in [3.8, 4) is 0 Å². The van der Waals surface area contributed by atoms with Crippen molar-refractivity contribution in [1.82, 2.24) is 0 Å². The standard InChI is InChI=1S/C29H24Cl2N2O2S/c1-19-10-15-24(18-26(19)31)33-29(35)28(21-6-3-2-4-7-21)36-25-9-5-8-23(17-25)32-27(34)16-20-11-13-22(30)14-12-20/h2-15,17-18,28H,16H2,1H3,(H,32,34)(H,33,35). The van der Waals surface area contributed by atoms with Gasteiger partial charge in [0, 0.05) is 26.3 Å². The SMILES string of the molecule is Cc1ccc(NC(=O)C(Sc2cccc(NC(=O)Cc3ccc(Cl)cc3)c2)c2ccccc2)cc1Cl. The lowest BCUT2D eigenvalue weighted by molar-refractivity contribution is -0.116. The molecule has 182 valence electrons. The quantitative estimate of drug-likeness (QED) is 0.225. The van der Waals surface area contributed by atoms with Crippen LogP contribution in [0.5, 0.6) is 0 Å². The first kappa shape index (κ1) is 25.8. The third-order valence-corrected chi connectivity index (χ3v) is 7.34. The van der Waals surface area contributed by atoms with Crippen molar-refractivity contribution in [3.63, 3.8) is 0 Å². The lowest BCUT2D eigenvalue weighted by Crippen LogP contribution is -2.19. The van der Waals surface area contributed by atoms with Crippen LogP contribution in [0.3, 0.4) is 0 Å². The third kappa shape index (κ3) is 7.14. The highest BCUT2D eigenvalue weighted by Gasteiger charge is 2.22. The molecule has 4 aromatic carbocycles. The first-order chi connectivity index (χ1) is 17.4. The van der Waals surface area contributed by atoms with Crippen LogP contribution in [0.4, 0.5) is 11.4 Å². The Morgan fingerprint density at radius 1 is 0.806 bits per heavy atom. The van der Waals surface area contributed by atoms with Crippen molar-refractivity contribution in [2.24, 2.45) is 0 Å². The average molecular weight is 535 g/mol. The summed E-state index contributed by atoms with van der Waals surface area (Å²) < 4.78 is 0. The molecule has 36 heavy (non-hydrogen) atoms. The van der Waals surface area contributed by atoms with E-state index in [0.717, 1.165) is 21.6 Å². The van der Waals surface area contributed by atoms with Gasteiger partial charge in [-0.25, -0.2) is 0 Å². The van der Waals surface area contributed by atoms with Gasteiger partial charge in [-0.05, 0) is 66.1 Å². The molecule has 7 heteroatoms. The second kappa shape index (κ2) is 12.1. The Morgan fingerprint density at radius 3 is 2.25 bits per heavy atom. The molecule has 0 heterocycles. The normalized spacial score (nSPS) is 11.5. The van der Waals surface area contributed by atoms with Gasteiger partial charge in [-0.3, -0.25) is 9.59 Å². The summed E-state index contributed by atoms with van der Waals surface area (Å²) in [5.74, 6) is -0.295. The third-order valence-electron chi connectivity index (χ3n) is 5.43. The van der Waals surface area contributed by atoms with Gasteiger partial charge in [-0.15, -0.1) is 11.8 Å². The van der Waals surface area contributed by atoms with E-state index in [9.17, 15) is 9.59 Å². The number of hydrogen-bond acceptors (Lipinski definition) is 3. The second-order valence-electron chi connectivity index (χ2n) is 8.24. The van der Waals surface area contributed by atoms with E-state index < -0.39 is 5.25 Å². The van der Waals surface area contributed by atoms with E-state index in [0.29, 0.717) is 21.4 Å². The maximum Gasteiger partial charge on any atom is 0.242 e. The van der Waals surface area contributed by atoms with E-state index in [1.165, 1.54) is 11.8 Å². The molecular weight excluding hydrogens is 511 g/mol. The summed E-state index contributed by atoms with van der Waals surface area (Å²) in [6.07, 6.45) is 0.239. The number of nitrogens with one attached hydrogen (secondary N) is 2. The lowest BCUT2D eigenvalue weighted by Gasteiger charge is -2.18. The highest BCUT2D eigenvalue weighted by atomic mass is 35.5. The van der Waals surface area contributed by atoms with Crippen molar-refractivity contribution >= 4 is 58.2 Å². The van der Waals surface area contributed by atoms with Crippen LogP contribution in [-0.2, 0) is 16.0 Å². The van der Waals surface area contributed by atoms with E-state index in [1.807, 2.05) is 85.8 Å². The number of amides is 2. The Labute approximate surface area is 225 Å². The molecule has 0 aliphatic heterocycles. The number of hydrogen-bond donors (Lipinski definition) is 2. The predicted molar refractivity (Wildman–Crippen MR) is 150 cm³/mol. The van der Waals surface area contributed by atoms with Gasteiger partial charge in [0.1, 0.15) is 5.25 Å². The van der Waals surface area contributed by atoms with Crippen molar-refractivity contribution < 1.29 is 9.59 Å². The Balaban J connectivity index is 1.49. The molecule has 1 atom stereocenters. The van der Waals surface area contributed by atoms with Crippen LogP contribution < -0.4 is 10.6 Å². The zero-order valence-electron chi connectivity index (χ0n) is 19.5. The molecule has 4 rings (SSSR count). The minimum Gasteiger partial charge on any atom is -0.326 e. The van der Waals surface area contributed by atoms with Gasteiger partial charge < -0.3 is 10.6 Å². The molecule has 0 bridgehead atoms. The smallest absolute Gasteiger partial charge is 0.242 e. The molecule has 0 aromatic heterocycles. The number of thioether (sulfide) groups is 1. The molecule has 2 amide bonds. The van der Waals surface area contributed by atoms with Crippen LogP contribution in [0.1, 0.15) is 21.9 Å². The maximum absolute atomic E-state index is 13.3. The van der Waals surface area contributed by atoms with Gasteiger partial charge >= 0.3 is 0 Å². The number of rotatable bonds is 8. The summed E-state index contributed by atoms with van der Waals surface area (Å²) in [5, 5.41) is 6.64. The molecule has 4 aromatic rings. The van der Waals surface area contributed by atoms with E-state index in [-0.39, 0.29) is 18.2 Å². The monoisotopic (exact) mass is 534 g/mol. The molecule has 0 saturated heterocycles. The lowest BCUT2D eigenvalue weighted by atomic mass is 10.1. The molecule has 0 fully saturated rings. The number of halogens is 2. The van der Waals surface area contributed by atoms with E-state index in [1.54, 1.807) is 18.2 Å². The Bertz CT molecular complexity index is 1360. The zero-order chi connectivity index (χ0) is 25.5. The number of anilines is 2. The van der Waals surface area contributed by atoms with E-state index >= 15 is 0 Å². The van der Waals surface area contributed by atoms with Gasteiger partial charge in [0.15, 0.2) is 0 Å². The molecule has 0 aliphatic rings. The summed E-state index contributed by atoms with van der Waals surface area (Å²) in [6.45, 7) is 1.91. The summed E-state index contributed by atoms with van der Waals surface area (Å²) in [4.78, 5) is 26.8. The van der Waals surface area contributed by atoms with Crippen LogP contribution >= 0.6 is 35.0 Å². The summed E-state index contributed by atoms with van der Waals surface area (Å²) >= 11 is 13.6. The van der Waals surface area contributed by atoms with E-state index in [2.05, 4.69) is 10.6 Å². The number of carbonyl (C=O) groups is 2. The molecular formula is C29H24Cl2N2O2S. The van der Waals surface area contributed by atoms with Crippen LogP contribution in [0.25, 0.3) is 0 Å². The largest absolute Gasteiger partial charge is 0.326 e. The molecule has 0 aliphatic carbocycles. The van der Waals surface area contributed by atoms with Gasteiger partial charge in [0.2, 0.25) is 11.8 Å². The minimum atomic E-state index is -0.508. The van der Waals surface area contributed by atoms with E-state index in [4.69, 9.17) is 23.2 Å². The summed E-state index contributed by atoms with van der Waals surface area (Å²) in [6, 6.07) is 29.7. The Morgan fingerprint density at radius 2 is 1.53 bits per heavy atom. The molecule has 2 N–H and O–H groups in total. The summed E-state index contributed by atoms with van der Waals surface area (Å²) in [5.41, 5.74) is 3.99. The van der Waals surface area contributed by atoms with Gasteiger partial charge in [-0.1, -0.05) is 77.8 Å². The molecule has 4 nitrogen and oxygen atoms in total.